The molecule has 4 amide bonds. The van der Waals surface area contributed by atoms with Crippen molar-refractivity contribution in [2.75, 3.05) is 6.61 Å². The van der Waals surface area contributed by atoms with Gasteiger partial charge in [-0.3, -0.25) is 9.59 Å². The fourth-order valence-corrected chi connectivity index (χ4v) is 6.41. The Morgan fingerprint density at radius 1 is 1.17 bits per heavy atom. The molecule has 0 radical (unpaired) electrons. The predicted molar refractivity (Wildman–Crippen MR) is 138 cm³/mol. The lowest BCUT2D eigenvalue weighted by Gasteiger charge is -2.60. The molecular formula is C26H42N6O4. The van der Waals surface area contributed by atoms with Crippen LogP contribution in [-0.2, 0) is 14.3 Å². The van der Waals surface area contributed by atoms with Crippen LogP contribution in [0.4, 0.5) is 4.79 Å². The molecule has 0 aliphatic heterocycles. The van der Waals surface area contributed by atoms with Gasteiger partial charge in [0.05, 0.1) is 12.1 Å². The van der Waals surface area contributed by atoms with Crippen LogP contribution >= 0.6 is 0 Å². The zero-order valence-electron chi connectivity index (χ0n) is 22.1. The first kappa shape index (κ1) is 27.5. The van der Waals surface area contributed by atoms with Crippen molar-refractivity contribution in [1.82, 2.24) is 21.3 Å². The number of ether oxygens (including phenoxy) is 1. The smallest absolute Gasteiger partial charge is 0.312 e. The molecule has 0 aromatic carbocycles. The summed E-state index contributed by atoms with van der Waals surface area (Å²) in [6, 6.07) is -0.508. The Bertz CT molecular complexity index is 925. The second-order valence-electron chi connectivity index (χ2n) is 11.7. The van der Waals surface area contributed by atoms with Gasteiger partial charge < -0.3 is 37.1 Å². The van der Waals surface area contributed by atoms with Crippen LogP contribution in [0.3, 0.4) is 0 Å². The molecule has 4 aliphatic carbocycles. The van der Waals surface area contributed by atoms with Crippen molar-refractivity contribution in [2.45, 2.75) is 83.8 Å². The molecule has 0 saturated heterocycles. The highest BCUT2D eigenvalue weighted by atomic mass is 16.5. The number of carbonyl (C=O) groups is 3. The van der Waals surface area contributed by atoms with E-state index < -0.39 is 11.6 Å². The fourth-order valence-electron chi connectivity index (χ4n) is 6.41. The Morgan fingerprint density at radius 2 is 1.81 bits per heavy atom. The summed E-state index contributed by atoms with van der Waals surface area (Å²) in [5.41, 5.74) is 4.70. The zero-order chi connectivity index (χ0) is 26.7. The molecule has 4 rings (SSSR count). The van der Waals surface area contributed by atoms with E-state index in [-0.39, 0.29) is 52.6 Å². The topological polar surface area (TPSA) is 158 Å². The molecule has 7 N–H and O–H groups in total. The molecule has 2 unspecified atom stereocenters. The maximum absolute atomic E-state index is 13.4. The SMILES string of the molecule is CC(=O)NC(C)(C)/C=C/N/C(OCC(C)C)=C(\C=N)C(=O)NC1C2CC3CC1CC(NC(N)=O)(C3)C2. The van der Waals surface area contributed by atoms with E-state index in [1.54, 1.807) is 12.3 Å². The van der Waals surface area contributed by atoms with Crippen LogP contribution < -0.4 is 27.0 Å². The third kappa shape index (κ3) is 6.79. The average molecular weight is 503 g/mol. The van der Waals surface area contributed by atoms with Gasteiger partial charge in [-0.05, 0) is 75.7 Å². The van der Waals surface area contributed by atoms with Crippen LogP contribution in [0.25, 0.3) is 0 Å². The van der Waals surface area contributed by atoms with Gasteiger partial charge in [-0.25, -0.2) is 4.79 Å². The average Bonchev–Trinajstić information content (AvgIpc) is 2.72. The van der Waals surface area contributed by atoms with Crippen LogP contribution in [-0.4, -0.2) is 47.8 Å². The Kier molecular flexibility index (Phi) is 8.36. The van der Waals surface area contributed by atoms with E-state index in [0.29, 0.717) is 12.5 Å². The highest BCUT2D eigenvalue weighted by molar-refractivity contribution is 6.11. The van der Waals surface area contributed by atoms with Gasteiger partial charge in [-0.1, -0.05) is 13.8 Å². The number of amides is 4. The molecule has 4 bridgehead atoms. The van der Waals surface area contributed by atoms with Crippen molar-refractivity contribution in [3.8, 4) is 0 Å². The maximum Gasteiger partial charge on any atom is 0.312 e. The van der Waals surface area contributed by atoms with E-state index >= 15 is 0 Å². The highest BCUT2D eigenvalue weighted by Crippen LogP contribution is 2.55. The summed E-state index contributed by atoms with van der Waals surface area (Å²) in [5, 5.41) is 20.0. The number of rotatable bonds is 11. The normalized spacial score (nSPS) is 29.5. The summed E-state index contributed by atoms with van der Waals surface area (Å²) in [7, 11) is 0. The molecule has 0 heterocycles. The number of primary amides is 1. The van der Waals surface area contributed by atoms with Crippen LogP contribution in [0.15, 0.2) is 23.7 Å². The molecule has 10 nitrogen and oxygen atoms in total. The Morgan fingerprint density at radius 3 is 2.33 bits per heavy atom. The summed E-state index contributed by atoms with van der Waals surface area (Å²) in [5.74, 6) is 0.941. The standard InChI is InChI=1S/C26H42N6O4/c1-15(2)14-36-23(29-7-6-25(4,5)31-16(3)33)20(13-27)22(34)30-21-18-8-17-9-19(21)12-26(10-17,11-18)32-24(28)35/h6-7,13,15,17-19,21,27,29H,8-12,14H2,1-5H3,(H,30,34)(H,31,33)(H3,28,32,35)/b7-6+,23-20-,27-13?. The van der Waals surface area contributed by atoms with Gasteiger partial charge in [0.25, 0.3) is 5.91 Å². The second-order valence-corrected chi connectivity index (χ2v) is 11.7. The molecule has 0 aromatic heterocycles. The van der Waals surface area contributed by atoms with E-state index in [0.717, 1.165) is 38.3 Å². The van der Waals surface area contributed by atoms with Crippen molar-refractivity contribution >= 4 is 24.1 Å². The molecule has 0 aromatic rings. The Labute approximate surface area is 213 Å². The summed E-state index contributed by atoms with van der Waals surface area (Å²) in [4.78, 5) is 36.5. The maximum atomic E-state index is 13.4. The fraction of sp³-hybridized carbons (Fsp3) is 0.692. The minimum absolute atomic E-state index is 0.0209. The number of nitrogens with one attached hydrogen (secondary N) is 5. The summed E-state index contributed by atoms with van der Waals surface area (Å²) in [6.45, 7) is 9.52. The molecule has 36 heavy (non-hydrogen) atoms. The molecule has 200 valence electrons. The van der Waals surface area contributed by atoms with Gasteiger partial charge in [-0.15, -0.1) is 0 Å². The second kappa shape index (κ2) is 10.9. The van der Waals surface area contributed by atoms with Gasteiger partial charge in [-0.2, -0.15) is 0 Å². The molecule has 4 saturated carbocycles. The molecule has 4 fully saturated rings. The van der Waals surface area contributed by atoms with Crippen molar-refractivity contribution in [2.24, 2.45) is 29.4 Å². The number of hydrogen-bond donors (Lipinski definition) is 6. The number of carbonyl (C=O) groups excluding carboxylic acids is 3. The van der Waals surface area contributed by atoms with Crippen LogP contribution in [0.2, 0.25) is 0 Å². The quantitative estimate of drug-likeness (QED) is 0.145. The summed E-state index contributed by atoms with van der Waals surface area (Å²) >= 11 is 0. The zero-order valence-corrected chi connectivity index (χ0v) is 22.1. The van der Waals surface area contributed by atoms with Crippen LogP contribution in [0.1, 0.15) is 66.7 Å². The van der Waals surface area contributed by atoms with Gasteiger partial charge in [0.1, 0.15) is 5.57 Å². The monoisotopic (exact) mass is 502 g/mol. The number of nitrogens with two attached hydrogens (primary N) is 1. The third-order valence-corrected chi connectivity index (χ3v) is 7.37. The van der Waals surface area contributed by atoms with Gasteiger partial charge >= 0.3 is 6.03 Å². The lowest BCUT2D eigenvalue weighted by Crippen LogP contribution is -2.67. The lowest BCUT2D eigenvalue weighted by molar-refractivity contribution is -0.122. The third-order valence-electron chi connectivity index (χ3n) is 7.37. The largest absolute Gasteiger partial charge is 0.478 e. The van der Waals surface area contributed by atoms with E-state index in [4.69, 9.17) is 15.9 Å². The van der Waals surface area contributed by atoms with Crippen molar-refractivity contribution in [1.29, 1.82) is 5.41 Å². The van der Waals surface area contributed by atoms with E-state index in [2.05, 4.69) is 21.3 Å². The highest BCUT2D eigenvalue weighted by Gasteiger charge is 2.56. The Hall–Kier alpha value is -3.04. The number of urea groups is 1. The first-order valence-corrected chi connectivity index (χ1v) is 12.8. The molecule has 2 atom stereocenters. The minimum Gasteiger partial charge on any atom is -0.478 e. The predicted octanol–water partition coefficient (Wildman–Crippen LogP) is 2.27. The lowest BCUT2D eigenvalue weighted by atomic mass is 9.51. The molecule has 4 aliphatic rings. The molecule has 10 heteroatoms. The van der Waals surface area contributed by atoms with E-state index in [9.17, 15) is 14.4 Å². The Balaban J connectivity index is 1.76. The molecule has 0 spiro atoms. The van der Waals surface area contributed by atoms with Crippen molar-refractivity contribution < 1.29 is 19.1 Å². The number of hydrogen-bond acceptors (Lipinski definition) is 6. The van der Waals surface area contributed by atoms with Crippen molar-refractivity contribution in [3.63, 3.8) is 0 Å². The first-order valence-electron chi connectivity index (χ1n) is 12.8. The van der Waals surface area contributed by atoms with Gasteiger partial charge in [0, 0.05) is 30.9 Å². The molecular weight excluding hydrogens is 460 g/mol. The summed E-state index contributed by atoms with van der Waals surface area (Å²) in [6.07, 6.45) is 8.97. The van der Waals surface area contributed by atoms with Gasteiger partial charge in [0.2, 0.25) is 11.8 Å². The summed E-state index contributed by atoms with van der Waals surface area (Å²) < 4.78 is 5.90. The van der Waals surface area contributed by atoms with E-state index in [1.165, 1.54) is 6.92 Å². The first-order chi connectivity index (χ1) is 16.8. The minimum atomic E-state index is -0.607. The van der Waals surface area contributed by atoms with Gasteiger partial charge in [0.15, 0.2) is 0 Å². The van der Waals surface area contributed by atoms with E-state index in [1.807, 2.05) is 27.7 Å². The van der Waals surface area contributed by atoms with Crippen molar-refractivity contribution in [3.05, 3.63) is 23.7 Å². The van der Waals surface area contributed by atoms with Crippen LogP contribution in [0, 0.1) is 29.1 Å². The van der Waals surface area contributed by atoms with Crippen LogP contribution in [0.5, 0.6) is 0 Å².